The van der Waals surface area contributed by atoms with E-state index < -0.39 is 32.0 Å². The van der Waals surface area contributed by atoms with Gasteiger partial charge >= 0.3 is 10.2 Å². The first-order chi connectivity index (χ1) is 18.9. The Bertz CT molecular complexity index is 1590. The van der Waals surface area contributed by atoms with Crippen molar-refractivity contribution >= 4 is 37.5 Å². The van der Waals surface area contributed by atoms with E-state index in [9.17, 15) is 26.0 Å². The van der Waals surface area contributed by atoms with Crippen molar-refractivity contribution in [1.82, 2.24) is 8.61 Å². The number of ether oxygens (including phenoxy) is 1. The molecule has 1 amide bonds. The summed E-state index contributed by atoms with van der Waals surface area (Å²) in [5.74, 6) is -0.918. The monoisotopic (exact) mass is 590 g/mol. The summed E-state index contributed by atoms with van der Waals surface area (Å²) in [4.78, 5) is 13.1. The summed E-state index contributed by atoms with van der Waals surface area (Å²) >= 11 is 0. The van der Waals surface area contributed by atoms with Crippen LogP contribution < -0.4 is 14.4 Å². The second kappa shape index (κ2) is 11.9. The number of halogens is 1. The maximum absolute atomic E-state index is 14.5. The molecule has 0 spiro atoms. The number of hydrogen-bond acceptors (Lipinski definition) is 6. The van der Waals surface area contributed by atoms with Crippen LogP contribution in [-0.4, -0.2) is 65.6 Å². The Kier molecular flexibility index (Phi) is 8.78. The molecule has 1 N–H and O–H groups in total. The van der Waals surface area contributed by atoms with Crippen LogP contribution in [0, 0.1) is 5.82 Å². The van der Waals surface area contributed by atoms with Crippen LogP contribution in [0.4, 0.5) is 15.8 Å². The highest BCUT2D eigenvalue weighted by atomic mass is 32.2. The Morgan fingerprint density at radius 1 is 0.975 bits per heavy atom. The quantitative estimate of drug-likeness (QED) is 0.385. The standard InChI is InChI=1S/C27H31FN4O6S2/c1-30(2)40(36,37)32(25-9-5-4-8-23(25)28)19-20-10-12-21(13-11-20)27(33)29-24-18-22(14-15-26(24)38-3)39(34,35)31-16-6-7-17-31/h4-5,8-15,18H,6-7,16-17,19H2,1-3H3,(H,29,33). The number of hydrogen-bond donors (Lipinski definition) is 1. The molecule has 40 heavy (non-hydrogen) atoms. The highest BCUT2D eigenvalue weighted by Gasteiger charge is 2.29. The Labute approximate surface area is 234 Å². The third-order valence-corrected chi connectivity index (χ3v) is 10.2. The zero-order valence-corrected chi connectivity index (χ0v) is 24.0. The van der Waals surface area contributed by atoms with Gasteiger partial charge in [-0.2, -0.15) is 17.0 Å². The molecule has 0 bridgehead atoms. The maximum Gasteiger partial charge on any atom is 0.303 e. The molecule has 1 fully saturated rings. The minimum absolute atomic E-state index is 0.0520. The molecule has 0 saturated carbocycles. The topological polar surface area (TPSA) is 116 Å². The van der Waals surface area contributed by atoms with E-state index >= 15 is 0 Å². The molecule has 3 aromatic rings. The summed E-state index contributed by atoms with van der Waals surface area (Å²) < 4.78 is 75.2. The lowest BCUT2D eigenvalue weighted by atomic mass is 10.1. The summed E-state index contributed by atoms with van der Waals surface area (Å²) in [7, 11) is -3.61. The lowest BCUT2D eigenvalue weighted by Crippen LogP contribution is -2.40. The molecule has 3 aromatic carbocycles. The second-order valence-corrected chi connectivity index (χ2v) is 13.4. The number of benzene rings is 3. The van der Waals surface area contributed by atoms with E-state index in [0.717, 1.165) is 21.5 Å². The number of methoxy groups -OCH3 is 1. The number of nitrogens with zero attached hydrogens (tertiary/aromatic N) is 3. The fraction of sp³-hybridized carbons (Fsp3) is 0.296. The van der Waals surface area contributed by atoms with E-state index in [1.807, 2.05) is 0 Å². The Balaban J connectivity index is 1.56. The molecule has 0 atom stereocenters. The fourth-order valence-electron chi connectivity index (χ4n) is 4.29. The van der Waals surface area contributed by atoms with Crippen molar-refractivity contribution in [2.45, 2.75) is 24.3 Å². The molecule has 0 aromatic heterocycles. The van der Waals surface area contributed by atoms with Gasteiger partial charge in [0.05, 0.1) is 29.9 Å². The second-order valence-electron chi connectivity index (χ2n) is 9.37. The zero-order chi connectivity index (χ0) is 29.1. The number of nitrogens with one attached hydrogen (secondary N) is 1. The van der Waals surface area contributed by atoms with Gasteiger partial charge in [-0.15, -0.1) is 0 Å². The van der Waals surface area contributed by atoms with Crippen LogP contribution in [0.25, 0.3) is 0 Å². The molecule has 0 radical (unpaired) electrons. The first-order valence-corrected chi connectivity index (χ1v) is 15.3. The third-order valence-electron chi connectivity index (χ3n) is 6.53. The smallest absolute Gasteiger partial charge is 0.303 e. The van der Waals surface area contributed by atoms with Gasteiger partial charge in [0.15, 0.2) is 0 Å². The Hall–Kier alpha value is -3.52. The molecule has 1 saturated heterocycles. The van der Waals surface area contributed by atoms with Crippen LogP contribution in [0.1, 0.15) is 28.8 Å². The van der Waals surface area contributed by atoms with Crippen molar-refractivity contribution < 1.29 is 30.8 Å². The van der Waals surface area contributed by atoms with Crippen molar-refractivity contribution in [3.63, 3.8) is 0 Å². The fourth-order valence-corrected chi connectivity index (χ4v) is 6.93. The SMILES string of the molecule is COc1ccc(S(=O)(=O)N2CCCC2)cc1NC(=O)c1ccc(CN(c2ccccc2F)S(=O)(=O)N(C)C)cc1. The van der Waals surface area contributed by atoms with Gasteiger partial charge in [-0.05, 0) is 60.9 Å². The number of rotatable bonds is 10. The highest BCUT2D eigenvalue weighted by Crippen LogP contribution is 2.31. The molecule has 1 heterocycles. The maximum atomic E-state index is 14.5. The third kappa shape index (κ3) is 6.12. The van der Waals surface area contributed by atoms with E-state index in [1.165, 1.54) is 74.0 Å². The van der Waals surface area contributed by atoms with Gasteiger partial charge in [0.25, 0.3) is 5.91 Å². The van der Waals surface area contributed by atoms with Crippen LogP contribution in [0.2, 0.25) is 0 Å². The van der Waals surface area contributed by atoms with Crippen LogP contribution in [0.5, 0.6) is 5.75 Å². The first kappa shape index (κ1) is 29.5. The number of carbonyl (C=O) groups is 1. The van der Waals surface area contributed by atoms with Crippen LogP contribution in [-0.2, 0) is 26.8 Å². The molecule has 214 valence electrons. The number of para-hydroxylation sites is 1. The summed E-state index contributed by atoms with van der Waals surface area (Å²) in [6.07, 6.45) is 1.60. The molecule has 10 nitrogen and oxygen atoms in total. The van der Waals surface area contributed by atoms with Gasteiger partial charge in [0.2, 0.25) is 10.0 Å². The van der Waals surface area contributed by atoms with E-state index in [1.54, 1.807) is 18.2 Å². The normalized spacial score (nSPS) is 14.3. The first-order valence-electron chi connectivity index (χ1n) is 12.5. The molecular weight excluding hydrogens is 559 g/mol. The van der Waals surface area contributed by atoms with E-state index in [0.29, 0.717) is 24.4 Å². The minimum Gasteiger partial charge on any atom is -0.495 e. The van der Waals surface area contributed by atoms with E-state index in [4.69, 9.17) is 4.74 Å². The summed E-state index contributed by atoms with van der Waals surface area (Å²) in [5.41, 5.74) is 0.849. The molecule has 0 aliphatic carbocycles. The predicted octanol–water partition coefficient (Wildman–Crippen LogP) is 3.68. The van der Waals surface area contributed by atoms with Gasteiger partial charge in [0, 0.05) is 32.7 Å². The lowest BCUT2D eigenvalue weighted by molar-refractivity contribution is 0.102. The zero-order valence-electron chi connectivity index (χ0n) is 22.4. The summed E-state index contributed by atoms with van der Waals surface area (Å²) in [6.45, 7) is 0.729. The summed E-state index contributed by atoms with van der Waals surface area (Å²) in [6, 6.07) is 16.0. The van der Waals surface area contributed by atoms with Gasteiger partial charge in [-0.3, -0.25) is 9.10 Å². The molecule has 4 rings (SSSR count). The number of anilines is 2. The van der Waals surface area contributed by atoms with Crippen molar-refractivity contribution in [3.05, 3.63) is 83.7 Å². The van der Waals surface area contributed by atoms with E-state index in [2.05, 4.69) is 5.32 Å². The van der Waals surface area contributed by atoms with Crippen LogP contribution in [0.15, 0.2) is 71.6 Å². The van der Waals surface area contributed by atoms with Crippen molar-refractivity contribution in [1.29, 1.82) is 0 Å². The Morgan fingerprint density at radius 2 is 1.62 bits per heavy atom. The van der Waals surface area contributed by atoms with Crippen molar-refractivity contribution in [3.8, 4) is 5.75 Å². The molecule has 1 aliphatic rings. The number of carbonyl (C=O) groups excluding carboxylic acids is 1. The van der Waals surface area contributed by atoms with Crippen molar-refractivity contribution in [2.24, 2.45) is 0 Å². The predicted molar refractivity (Wildman–Crippen MR) is 151 cm³/mol. The van der Waals surface area contributed by atoms with Crippen molar-refractivity contribution in [2.75, 3.05) is 43.9 Å². The largest absolute Gasteiger partial charge is 0.495 e. The molecule has 1 aliphatic heterocycles. The minimum atomic E-state index is -4.03. The van der Waals surface area contributed by atoms with E-state index in [-0.39, 0.29) is 28.4 Å². The number of sulfonamides is 1. The molecule has 0 unspecified atom stereocenters. The van der Waals surface area contributed by atoms with Gasteiger partial charge < -0.3 is 10.1 Å². The molecule has 13 heteroatoms. The van der Waals surface area contributed by atoms with Gasteiger partial charge in [0.1, 0.15) is 11.6 Å². The highest BCUT2D eigenvalue weighted by molar-refractivity contribution is 7.90. The van der Waals surface area contributed by atoms with Gasteiger partial charge in [-0.25, -0.2) is 12.8 Å². The average molecular weight is 591 g/mol. The van der Waals surface area contributed by atoms with Gasteiger partial charge in [-0.1, -0.05) is 24.3 Å². The molecular formula is C27H31FN4O6S2. The average Bonchev–Trinajstić information content (AvgIpc) is 3.48. The Morgan fingerprint density at radius 3 is 2.23 bits per heavy atom. The van der Waals surface area contributed by atoms with Crippen LogP contribution >= 0.6 is 0 Å². The summed E-state index contributed by atoms with van der Waals surface area (Å²) in [5, 5.41) is 2.70. The van der Waals surface area contributed by atoms with Crippen LogP contribution in [0.3, 0.4) is 0 Å². The lowest BCUT2D eigenvalue weighted by Gasteiger charge is -2.27. The number of amides is 1.